The van der Waals surface area contributed by atoms with E-state index in [9.17, 15) is 29.0 Å². The molecule has 1 saturated heterocycles. The molecule has 0 saturated carbocycles. The number of amides is 2. The van der Waals surface area contributed by atoms with Crippen molar-refractivity contribution in [3.05, 3.63) is 63.4 Å². The minimum Gasteiger partial charge on any atom is -0.481 e. The summed E-state index contributed by atoms with van der Waals surface area (Å²) in [6.45, 7) is 6.76. The van der Waals surface area contributed by atoms with Crippen LogP contribution in [0.5, 0.6) is 0 Å². The Labute approximate surface area is 232 Å². The van der Waals surface area contributed by atoms with Gasteiger partial charge in [-0.15, -0.1) is 0 Å². The number of hydrogen-bond donors (Lipinski definition) is 2. The number of rotatable bonds is 8. The number of piperidine rings is 1. The number of carboxylic acid groups (broad SMARTS) is 1. The SMILES string of the molecule is CC(C)(C)CN(C(=O)CCC(=O)N1CCCC(C(=O)O)C1)c1ccc(Cl)cc1C(O)c1ccc(F)cc1Cl. The average Bonchev–Trinajstić information content (AvgIpc) is 2.85. The second-order valence-electron chi connectivity index (χ2n) is 10.8. The van der Waals surface area contributed by atoms with Crippen LogP contribution in [0.4, 0.5) is 10.1 Å². The van der Waals surface area contributed by atoms with Crippen LogP contribution >= 0.6 is 23.2 Å². The summed E-state index contributed by atoms with van der Waals surface area (Å²) in [7, 11) is 0. The van der Waals surface area contributed by atoms with E-state index in [2.05, 4.69) is 0 Å². The maximum absolute atomic E-state index is 13.6. The number of nitrogens with zero attached hydrogens (tertiary/aromatic N) is 2. The summed E-state index contributed by atoms with van der Waals surface area (Å²) in [5.41, 5.74) is 0.637. The van der Waals surface area contributed by atoms with Gasteiger partial charge in [0.05, 0.1) is 5.92 Å². The zero-order valence-corrected chi connectivity index (χ0v) is 23.2. The van der Waals surface area contributed by atoms with Gasteiger partial charge in [0.2, 0.25) is 11.8 Å². The number of carbonyl (C=O) groups excluding carboxylic acids is 2. The van der Waals surface area contributed by atoms with Crippen LogP contribution in [0.25, 0.3) is 0 Å². The highest BCUT2D eigenvalue weighted by atomic mass is 35.5. The quantitative estimate of drug-likeness (QED) is 0.427. The zero-order chi connectivity index (χ0) is 28.2. The number of hydrogen-bond acceptors (Lipinski definition) is 4. The second kappa shape index (κ2) is 12.5. The second-order valence-corrected chi connectivity index (χ2v) is 11.7. The van der Waals surface area contributed by atoms with Gasteiger partial charge in [-0.3, -0.25) is 14.4 Å². The molecule has 2 N–H and O–H groups in total. The molecule has 1 aliphatic rings. The van der Waals surface area contributed by atoms with Gasteiger partial charge in [0, 0.05) is 59.3 Å². The molecule has 2 unspecified atom stereocenters. The lowest BCUT2D eigenvalue weighted by Gasteiger charge is -2.33. The number of carbonyl (C=O) groups is 3. The number of halogens is 3. The molecule has 0 aliphatic carbocycles. The molecule has 1 heterocycles. The van der Waals surface area contributed by atoms with E-state index >= 15 is 0 Å². The normalized spacial score (nSPS) is 16.7. The van der Waals surface area contributed by atoms with Crippen molar-refractivity contribution in [2.75, 3.05) is 24.5 Å². The Hall–Kier alpha value is -2.68. The van der Waals surface area contributed by atoms with Crippen molar-refractivity contribution in [2.24, 2.45) is 11.3 Å². The van der Waals surface area contributed by atoms with Gasteiger partial charge in [0.1, 0.15) is 11.9 Å². The lowest BCUT2D eigenvalue weighted by molar-refractivity contribution is -0.146. The summed E-state index contributed by atoms with van der Waals surface area (Å²) in [4.78, 5) is 40.8. The van der Waals surface area contributed by atoms with E-state index in [4.69, 9.17) is 23.2 Å². The minimum absolute atomic E-state index is 0.0314. The van der Waals surface area contributed by atoms with Gasteiger partial charge < -0.3 is 20.0 Å². The van der Waals surface area contributed by atoms with Gasteiger partial charge in [-0.1, -0.05) is 50.0 Å². The molecule has 2 aromatic carbocycles. The summed E-state index contributed by atoms with van der Waals surface area (Å²) in [5, 5.41) is 20.9. The number of aliphatic hydroxyl groups is 1. The van der Waals surface area contributed by atoms with Crippen LogP contribution in [0, 0.1) is 17.2 Å². The summed E-state index contributed by atoms with van der Waals surface area (Å²) in [5.74, 6) is -2.67. The maximum atomic E-state index is 13.6. The monoisotopic (exact) mass is 566 g/mol. The zero-order valence-electron chi connectivity index (χ0n) is 21.7. The smallest absolute Gasteiger partial charge is 0.308 e. The highest BCUT2D eigenvalue weighted by Crippen LogP contribution is 2.37. The highest BCUT2D eigenvalue weighted by Gasteiger charge is 2.31. The molecule has 0 spiro atoms. The predicted octanol–water partition coefficient (Wildman–Crippen LogP) is 5.70. The van der Waals surface area contributed by atoms with E-state index in [1.54, 1.807) is 12.1 Å². The summed E-state index contributed by atoms with van der Waals surface area (Å²) >= 11 is 12.5. The van der Waals surface area contributed by atoms with Gasteiger partial charge in [0.25, 0.3) is 0 Å². The van der Waals surface area contributed by atoms with Crippen LogP contribution in [0.3, 0.4) is 0 Å². The number of anilines is 1. The Morgan fingerprint density at radius 2 is 1.82 bits per heavy atom. The number of carboxylic acids is 1. The van der Waals surface area contributed by atoms with Crippen molar-refractivity contribution in [2.45, 2.75) is 52.6 Å². The van der Waals surface area contributed by atoms with Crippen molar-refractivity contribution < 1.29 is 29.0 Å². The molecule has 7 nitrogen and oxygen atoms in total. The maximum Gasteiger partial charge on any atom is 0.308 e. The standard InChI is InChI=1S/C28H33Cl2FN2O5/c1-28(2,3)16-33(25(35)11-10-24(34)32-12-4-5-17(15-32)27(37)38)23-9-6-18(29)13-21(23)26(36)20-8-7-19(31)14-22(20)30/h6-9,13-14,17,26,36H,4-5,10-12,15-16H2,1-3H3,(H,37,38). The third-order valence-electron chi connectivity index (χ3n) is 6.44. The van der Waals surface area contributed by atoms with Crippen molar-refractivity contribution in [1.29, 1.82) is 0 Å². The molecule has 0 radical (unpaired) electrons. The first-order valence-corrected chi connectivity index (χ1v) is 13.3. The van der Waals surface area contributed by atoms with Gasteiger partial charge in [-0.2, -0.15) is 0 Å². The summed E-state index contributed by atoms with van der Waals surface area (Å²) < 4.78 is 13.6. The molecule has 0 bridgehead atoms. The number of aliphatic carboxylic acids is 1. The fourth-order valence-electron chi connectivity index (χ4n) is 4.58. The molecule has 2 aromatic rings. The molecule has 2 amide bonds. The Balaban J connectivity index is 1.88. The lowest BCUT2D eigenvalue weighted by atomic mass is 9.93. The average molecular weight is 567 g/mol. The Kier molecular flexibility index (Phi) is 9.79. The van der Waals surface area contributed by atoms with Crippen molar-refractivity contribution in [3.63, 3.8) is 0 Å². The molecule has 38 heavy (non-hydrogen) atoms. The van der Waals surface area contributed by atoms with Crippen LogP contribution in [-0.2, 0) is 14.4 Å². The number of benzene rings is 2. The van der Waals surface area contributed by atoms with E-state index < -0.39 is 23.8 Å². The van der Waals surface area contributed by atoms with Crippen LogP contribution < -0.4 is 4.90 Å². The highest BCUT2D eigenvalue weighted by molar-refractivity contribution is 6.31. The summed E-state index contributed by atoms with van der Waals surface area (Å²) in [6, 6.07) is 8.44. The van der Waals surface area contributed by atoms with Gasteiger partial charge in [0.15, 0.2) is 0 Å². The lowest BCUT2D eigenvalue weighted by Crippen LogP contribution is -2.43. The molecule has 3 rings (SSSR count). The fourth-order valence-corrected chi connectivity index (χ4v) is 5.03. The third kappa shape index (κ3) is 7.68. The van der Waals surface area contributed by atoms with Crippen molar-refractivity contribution in [1.82, 2.24) is 4.90 Å². The Morgan fingerprint density at radius 1 is 1.11 bits per heavy atom. The van der Waals surface area contributed by atoms with Gasteiger partial charge >= 0.3 is 5.97 Å². The van der Waals surface area contributed by atoms with Crippen molar-refractivity contribution in [3.8, 4) is 0 Å². The van der Waals surface area contributed by atoms with E-state index in [1.165, 1.54) is 28.0 Å². The molecule has 206 valence electrons. The third-order valence-corrected chi connectivity index (χ3v) is 7.00. The largest absolute Gasteiger partial charge is 0.481 e. The van der Waals surface area contributed by atoms with E-state index in [-0.39, 0.29) is 53.7 Å². The number of likely N-dealkylation sites (tertiary alicyclic amines) is 1. The first-order valence-electron chi connectivity index (χ1n) is 12.5. The van der Waals surface area contributed by atoms with E-state index in [1.807, 2.05) is 20.8 Å². The van der Waals surface area contributed by atoms with E-state index in [0.29, 0.717) is 35.7 Å². The molecule has 1 fully saturated rings. The van der Waals surface area contributed by atoms with Crippen LogP contribution in [0.2, 0.25) is 10.0 Å². The minimum atomic E-state index is -1.30. The molecule has 1 aliphatic heterocycles. The molecular weight excluding hydrogens is 534 g/mol. The molecule has 2 atom stereocenters. The molecule has 0 aromatic heterocycles. The Bertz CT molecular complexity index is 1200. The molecular formula is C28H33Cl2FN2O5. The van der Waals surface area contributed by atoms with Crippen LogP contribution in [0.1, 0.15) is 63.7 Å². The van der Waals surface area contributed by atoms with Gasteiger partial charge in [-0.25, -0.2) is 4.39 Å². The van der Waals surface area contributed by atoms with E-state index in [0.717, 1.165) is 6.07 Å². The first kappa shape index (κ1) is 29.9. The first-order chi connectivity index (χ1) is 17.8. The predicted molar refractivity (Wildman–Crippen MR) is 145 cm³/mol. The number of aliphatic hydroxyl groups excluding tert-OH is 1. The fraction of sp³-hybridized carbons (Fsp3) is 0.464. The topological polar surface area (TPSA) is 98.2 Å². The van der Waals surface area contributed by atoms with Crippen molar-refractivity contribution >= 4 is 46.7 Å². The van der Waals surface area contributed by atoms with Crippen LogP contribution in [-0.4, -0.2) is 52.5 Å². The van der Waals surface area contributed by atoms with Gasteiger partial charge in [-0.05, 0) is 48.6 Å². The Morgan fingerprint density at radius 3 is 2.45 bits per heavy atom. The summed E-state index contributed by atoms with van der Waals surface area (Å²) in [6.07, 6.45) is -0.336. The van der Waals surface area contributed by atoms with Crippen LogP contribution in [0.15, 0.2) is 36.4 Å². The molecule has 10 heteroatoms.